The Morgan fingerprint density at radius 2 is 1.85 bits per heavy atom. The van der Waals surface area contributed by atoms with E-state index in [1.54, 1.807) is 12.4 Å². The molecule has 4 heteroatoms. The Bertz CT molecular complexity index is 465. The number of anilines is 1. The molecule has 1 fully saturated rings. The molecule has 4 nitrogen and oxygen atoms in total. The van der Waals surface area contributed by atoms with Gasteiger partial charge in [-0.3, -0.25) is 5.43 Å². The third-order valence-corrected chi connectivity index (χ3v) is 3.75. The standard InChI is InChI=1S/C16H20N4/c1-2-7-14(8-3-1)13-15-9-4-5-12-20(15)19-16-17-10-6-11-18-16/h1-3,6-8,10-11,15H,4-5,9,12-13H2,(H,17,18,19). The second kappa shape index (κ2) is 6.48. The first-order valence-electron chi connectivity index (χ1n) is 7.26. The van der Waals surface area contributed by atoms with E-state index in [2.05, 4.69) is 50.7 Å². The number of hydrazine groups is 1. The van der Waals surface area contributed by atoms with E-state index < -0.39 is 0 Å². The van der Waals surface area contributed by atoms with Crippen molar-refractivity contribution < 1.29 is 0 Å². The van der Waals surface area contributed by atoms with Crippen molar-refractivity contribution in [3.8, 4) is 0 Å². The predicted octanol–water partition coefficient (Wildman–Crippen LogP) is 2.90. The zero-order valence-corrected chi connectivity index (χ0v) is 11.6. The molecule has 1 saturated heterocycles. The molecular formula is C16H20N4. The Morgan fingerprint density at radius 1 is 1.05 bits per heavy atom. The minimum atomic E-state index is 0.509. The van der Waals surface area contributed by atoms with Crippen LogP contribution in [0.3, 0.4) is 0 Å². The summed E-state index contributed by atoms with van der Waals surface area (Å²) in [6.45, 7) is 1.05. The number of nitrogens with zero attached hydrogens (tertiary/aromatic N) is 3. The lowest BCUT2D eigenvalue weighted by atomic mass is 9.97. The number of piperidine rings is 1. The van der Waals surface area contributed by atoms with E-state index in [4.69, 9.17) is 0 Å². The summed E-state index contributed by atoms with van der Waals surface area (Å²) in [7, 11) is 0. The highest BCUT2D eigenvalue weighted by Gasteiger charge is 2.23. The highest BCUT2D eigenvalue weighted by molar-refractivity contribution is 5.22. The molecule has 0 saturated carbocycles. The Hall–Kier alpha value is -1.94. The molecule has 0 radical (unpaired) electrons. The monoisotopic (exact) mass is 268 g/mol. The maximum atomic E-state index is 4.25. The molecule has 1 unspecified atom stereocenters. The van der Waals surface area contributed by atoms with Crippen LogP contribution in [0.15, 0.2) is 48.8 Å². The second-order valence-corrected chi connectivity index (χ2v) is 5.22. The van der Waals surface area contributed by atoms with Crippen LogP contribution >= 0.6 is 0 Å². The molecule has 2 heterocycles. The summed E-state index contributed by atoms with van der Waals surface area (Å²) in [6, 6.07) is 13.0. The number of aromatic nitrogens is 2. The molecule has 104 valence electrons. The molecule has 1 atom stereocenters. The molecule has 3 rings (SSSR count). The third-order valence-electron chi connectivity index (χ3n) is 3.75. The van der Waals surface area contributed by atoms with Crippen LogP contribution < -0.4 is 5.43 Å². The molecule has 2 aromatic rings. The van der Waals surface area contributed by atoms with Crippen molar-refractivity contribution >= 4 is 5.95 Å². The van der Waals surface area contributed by atoms with Crippen LogP contribution in [0.1, 0.15) is 24.8 Å². The molecule has 0 amide bonds. The maximum Gasteiger partial charge on any atom is 0.237 e. The third kappa shape index (κ3) is 3.33. The van der Waals surface area contributed by atoms with Gasteiger partial charge in [0.2, 0.25) is 5.95 Å². The fraction of sp³-hybridized carbons (Fsp3) is 0.375. The van der Waals surface area contributed by atoms with Gasteiger partial charge >= 0.3 is 0 Å². The number of hydrogen-bond donors (Lipinski definition) is 1. The summed E-state index contributed by atoms with van der Waals surface area (Å²) in [6.07, 6.45) is 8.35. The van der Waals surface area contributed by atoms with Gasteiger partial charge in [-0.25, -0.2) is 15.0 Å². The Kier molecular flexibility index (Phi) is 4.23. The minimum absolute atomic E-state index is 0.509. The number of nitrogens with one attached hydrogen (secondary N) is 1. The summed E-state index contributed by atoms with van der Waals surface area (Å²) < 4.78 is 0. The lowest BCUT2D eigenvalue weighted by Gasteiger charge is -2.35. The van der Waals surface area contributed by atoms with Crippen LogP contribution in [0.25, 0.3) is 0 Å². The van der Waals surface area contributed by atoms with E-state index in [-0.39, 0.29) is 0 Å². The summed E-state index contributed by atoms with van der Waals surface area (Å²) >= 11 is 0. The highest BCUT2D eigenvalue weighted by Crippen LogP contribution is 2.20. The molecule has 1 N–H and O–H groups in total. The molecule has 0 spiro atoms. The molecule has 1 aromatic carbocycles. The fourth-order valence-corrected chi connectivity index (χ4v) is 2.73. The van der Waals surface area contributed by atoms with Gasteiger partial charge in [0.25, 0.3) is 0 Å². The number of hydrogen-bond acceptors (Lipinski definition) is 4. The second-order valence-electron chi connectivity index (χ2n) is 5.22. The summed E-state index contributed by atoms with van der Waals surface area (Å²) in [5.74, 6) is 0.687. The summed E-state index contributed by atoms with van der Waals surface area (Å²) in [5.41, 5.74) is 4.75. The van der Waals surface area contributed by atoms with E-state index in [1.165, 1.54) is 24.8 Å². The maximum absolute atomic E-state index is 4.25. The van der Waals surface area contributed by atoms with Gasteiger partial charge in [-0.05, 0) is 30.9 Å². The fourth-order valence-electron chi connectivity index (χ4n) is 2.73. The minimum Gasteiger partial charge on any atom is -0.287 e. The zero-order chi connectivity index (χ0) is 13.6. The van der Waals surface area contributed by atoms with Crippen LogP contribution in [0, 0.1) is 0 Å². The van der Waals surface area contributed by atoms with Crippen LogP contribution in [0.5, 0.6) is 0 Å². The Balaban J connectivity index is 1.68. The van der Waals surface area contributed by atoms with E-state index in [1.807, 2.05) is 6.07 Å². The van der Waals surface area contributed by atoms with Gasteiger partial charge in [-0.2, -0.15) is 0 Å². The van der Waals surface area contributed by atoms with Crippen molar-refractivity contribution in [2.45, 2.75) is 31.7 Å². The smallest absolute Gasteiger partial charge is 0.237 e. The highest BCUT2D eigenvalue weighted by atomic mass is 15.5. The molecule has 0 aliphatic carbocycles. The van der Waals surface area contributed by atoms with Gasteiger partial charge < -0.3 is 0 Å². The lowest BCUT2D eigenvalue weighted by molar-refractivity contribution is 0.180. The SMILES string of the molecule is c1ccc(CC2CCCCN2Nc2ncccn2)cc1. The zero-order valence-electron chi connectivity index (χ0n) is 11.6. The first-order chi connectivity index (χ1) is 9.92. The van der Waals surface area contributed by atoms with Gasteiger partial charge in [0.15, 0.2) is 0 Å². The van der Waals surface area contributed by atoms with Gasteiger partial charge in [-0.1, -0.05) is 36.8 Å². The van der Waals surface area contributed by atoms with Gasteiger partial charge in [-0.15, -0.1) is 0 Å². The van der Waals surface area contributed by atoms with Crippen LogP contribution in [0.2, 0.25) is 0 Å². The molecule has 0 bridgehead atoms. The Morgan fingerprint density at radius 3 is 2.65 bits per heavy atom. The lowest BCUT2D eigenvalue weighted by Crippen LogP contribution is -2.44. The number of rotatable bonds is 4. The largest absolute Gasteiger partial charge is 0.287 e. The predicted molar refractivity (Wildman–Crippen MR) is 80.1 cm³/mol. The van der Waals surface area contributed by atoms with Crippen molar-refractivity contribution in [2.75, 3.05) is 12.0 Å². The molecule has 1 aliphatic rings. The van der Waals surface area contributed by atoms with Crippen molar-refractivity contribution in [2.24, 2.45) is 0 Å². The quantitative estimate of drug-likeness (QED) is 0.925. The summed E-state index contributed by atoms with van der Waals surface area (Å²) in [5, 5.41) is 2.30. The van der Waals surface area contributed by atoms with Gasteiger partial charge in [0.1, 0.15) is 0 Å². The summed E-state index contributed by atoms with van der Waals surface area (Å²) in [4.78, 5) is 8.50. The number of benzene rings is 1. The van der Waals surface area contributed by atoms with Crippen LogP contribution in [-0.4, -0.2) is 27.6 Å². The van der Waals surface area contributed by atoms with Gasteiger partial charge in [0, 0.05) is 25.0 Å². The molecule has 1 aliphatic heterocycles. The first-order valence-corrected chi connectivity index (χ1v) is 7.26. The van der Waals surface area contributed by atoms with Crippen LogP contribution in [-0.2, 0) is 6.42 Å². The molecule has 20 heavy (non-hydrogen) atoms. The average Bonchev–Trinajstić information content (AvgIpc) is 2.51. The van der Waals surface area contributed by atoms with Crippen molar-refractivity contribution in [1.29, 1.82) is 0 Å². The molecular weight excluding hydrogens is 248 g/mol. The first kappa shape index (κ1) is 13.1. The van der Waals surface area contributed by atoms with Crippen molar-refractivity contribution in [1.82, 2.24) is 15.0 Å². The van der Waals surface area contributed by atoms with Gasteiger partial charge in [0.05, 0.1) is 0 Å². The average molecular weight is 268 g/mol. The normalized spacial score (nSPS) is 19.7. The molecule has 1 aromatic heterocycles. The van der Waals surface area contributed by atoms with E-state index in [9.17, 15) is 0 Å². The van der Waals surface area contributed by atoms with Crippen molar-refractivity contribution in [3.63, 3.8) is 0 Å². The van der Waals surface area contributed by atoms with E-state index in [0.717, 1.165) is 13.0 Å². The topological polar surface area (TPSA) is 41.0 Å². The van der Waals surface area contributed by atoms with Crippen LogP contribution in [0.4, 0.5) is 5.95 Å². The van der Waals surface area contributed by atoms with E-state index >= 15 is 0 Å². The van der Waals surface area contributed by atoms with Crippen molar-refractivity contribution in [3.05, 3.63) is 54.4 Å². The Labute approximate surface area is 119 Å². The van der Waals surface area contributed by atoms with E-state index in [0.29, 0.717) is 12.0 Å².